The number of hydrogen-bond donors (Lipinski definition) is 3. The largest absolute Gasteiger partial charge is 0.494 e. The van der Waals surface area contributed by atoms with Gasteiger partial charge in [0.2, 0.25) is 5.91 Å². The molecular weight excluding hydrogens is 528 g/mol. The number of alkyl carbamates (subject to hydrolysis) is 1. The Morgan fingerprint density at radius 1 is 1.05 bits per heavy atom. The third kappa shape index (κ3) is 7.11. The Hall–Kier alpha value is -4.33. The van der Waals surface area contributed by atoms with Gasteiger partial charge in [0.1, 0.15) is 17.9 Å². The number of ether oxygens (including phenoxy) is 2. The second kappa shape index (κ2) is 13.6. The molecule has 4 aromatic rings. The number of H-pyrrole nitrogens is 1. The third-order valence-corrected chi connectivity index (χ3v) is 8.09. The zero-order chi connectivity index (χ0) is 29.4. The van der Waals surface area contributed by atoms with Gasteiger partial charge in [0, 0.05) is 29.7 Å². The van der Waals surface area contributed by atoms with Crippen molar-refractivity contribution in [1.29, 1.82) is 0 Å². The van der Waals surface area contributed by atoms with E-state index in [1.807, 2.05) is 79.9 Å². The van der Waals surface area contributed by atoms with E-state index in [-0.39, 0.29) is 30.9 Å². The molecule has 220 valence electrons. The quantitative estimate of drug-likeness (QED) is 0.188. The summed E-state index contributed by atoms with van der Waals surface area (Å²) in [6, 6.07) is 20.9. The molecule has 8 nitrogen and oxygen atoms in total. The molecule has 1 unspecified atom stereocenters. The van der Waals surface area contributed by atoms with Gasteiger partial charge in [-0.05, 0) is 74.1 Å². The summed E-state index contributed by atoms with van der Waals surface area (Å²) in [6.07, 6.45) is 8.79. The van der Waals surface area contributed by atoms with Crippen molar-refractivity contribution in [1.82, 2.24) is 20.6 Å². The van der Waals surface area contributed by atoms with Gasteiger partial charge < -0.3 is 25.1 Å². The van der Waals surface area contributed by atoms with E-state index >= 15 is 0 Å². The Morgan fingerprint density at radius 3 is 2.64 bits per heavy atom. The van der Waals surface area contributed by atoms with Crippen LogP contribution in [0, 0.1) is 5.92 Å². The van der Waals surface area contributed by atoms with Gasteiger partial charge in [0.15, 0.2) is 0 Å². The van der Waals surface area contributed by atoms with Crippen molar-refractivity contribution >= 4 is 22.9 Å². The first-order valence-corrected chi connectivity index (χ1v) is 14.9. The molecule has 8 heteroatoms. The van der Waals surface area contributed by atoms with E-state index in [0.29, 0.717) is 12.4 Å². The van der Waals surface area contributed by atoms with Crippen molar-refractivity contribution in [3.8, 4) is 5.75 Å². The Balaban J connectivity index is 1.38. The minimum Gasteiger partial charge on any atom is -0.494 e. The molecular formula is C34H40N4O4. The molecule has 2 aromatic heterocycles. The van der Waals surface area contributed by atoms with Crippen LogP contribution in [0.15, 0.2) is 79.1 Å². The minimum absolute atomic E-state index is 0.0518. The van der Waals surface area contributed by atoms with Crippen molar-refractivity contribution in [2.75, 3.05) is 6.61 Å². The Morgan fingerprint density at radius 2 is 1.86 bits per heavy atom. The maximum atomic E-state index is 14.2. The maximum absolute atomic E-state index is 14.2. The molecule has 2 aromatic carbocycles. The number of fused-ring (bicyclic) bond motifs is 1. The highest BCUT2D eigenvalue weighted by Crippen LogP contribution is 2.34. The van der Waals surface area contributed by atoms with Crippen LogP contribution >= 0.6 is 0 Å². The van der Waals surface area contributed by atoms with Gasteiger partial charge in [-0.1, -0.05) is 55.7 Å². The van der Waals surface area contributed by atoms with Gasteiger partial charge >= 0.3 is 6.09 Å². The molecule has 2 atom stereocenters. The Kier molecular flexibility index (Phi) is 9.41. The molecule has 0 radical (unpaired) electrons. The number of nitrogens with one attached hydrogen (secondary N) is 3. The van der Waals surface area contributed by atoms with Crippen molar-refractivity contribution < 1.29 is 19.1 Å². The summed E-state index contributed by atoms with van der Waals surface area (Å²) in [5.41, 5.74) is 2.24. The maximum Gasteiger partial charge on any atom is 0.408 e. The van der Waals surface area contributed by atoms with Gasteiger partial charge in [0.05, 0.1) is 18.3 Å². The van der Waals surface area contributed by atoms with Crippen LogP contribution < -0.4 is 15.4 Å². The summed E-state index contributed by atoms with van der Waals surface area (Å²) in [6.45, 7) is 4.28. The van der Waals surface area contributed by atoms with Gasteiger partial charge in [0.25, 0.3) is 0 Å². The fourth-order valence-electron chi connectivity index (χ4n) is 5.90. The van der Waals surface area contributed by atoms with Crippen LogP contribution in [0.5, 0.6) is 5.75 Å². The van der Waals surface area contributed by atoms with Gasteiger partial charge in [-0.15, -0.1) is 0 Å². The number of pyridine rings is 1. The Labute approximate surface area is 247 Å². The summed E-state index contributed by atoms with van der Waals surface area (Å²) in [5.74, 6) is 0.717. The lowest BCUT2D eigenvalue weighted by Gasteiger charge is -2.35. The number of carbonyl (C=O) groups excluding carboxylic acids is 2. The smallest absolute Gasteiger partial charge is 0.408 e. The molecule has 0 aliphatic heterocycles. The van der Waals surface area contributed by atoms with Crippen LogP contribution in [0.2, 0.25) is 0 Å². The van der Waals surface area contributed by atoms with Crippen molar-refractivity contribution in [2.24, 2.45) is 5.92 Å². The van der Waals surface area contributed by atoms with E-state index in [0.717, 1.165) is 53.4 Å². The number of benzene rings is 2. The summed E-state index contributed by atoms with van der Waals surface area (Å²) < 4.78 is 11.2. The average Bonchev–Trinajstić information content (AvgIpc) is 3.42. The van der Waals surface area contributed by atoms with Crippen molar-refractivity contribution in [3.63, 3.8) is 0 Å². The average molecular weight is 569 g/mol. The highest BCUT2D eigenvalue weighted by Gasteiger charge is 2.39. The monoisotopic (exact) mass is 568 g/mol. The van der Waals surface area contributed by atoms with Crippen molar-refractivity contribution in [3.05, 3.63) is 95.9 Å². The van der Waals surface area contributed by atoms with E-state index in [4.69, 9.17) is 9.47 Å². The lowest BCUT2D eigenvalue weighted by molar-refractivity contribution is -0.128. The summed E-state index contributed by atoms with van der Waals surface area (Å²) >= 11 is 0. The SMILES string of the molecule is CCOc1cccc(COC(=O)N[C@@](C)(Cc2c[nH]c3ccccc23)C(=O)NC(c2ccccn2)C2CCCCC2)c1. The molecule has 0 spiro atoms. The molecule has 1 aliphatic rings. The van der Waals surface area contributed by atoms with E-state index < -0.39 is 11.6 Å². The first kappa shape index (κ1) is 29.2. The zero-order valence-electron chi connectivity index (χ0n) is 24.4. The molecule has 1 saturated carbocycles. The van der Waals surface area contributed by atoms with Crippen molar-refractivity contribution in [2.45, 2.75) is 70.6 Å². The minimum atomic E-state index is -1.29. The van der Waals surface area contributed by atoms with E-state index in [1.54, 1.807) is 13.1 Å². The number of amides is 2. The zero-order valence-corrected chi connectivity index (χ0v) is 24.4. The number of rotatable bonds is 11. The molecule has 1 fully saturated rings. The number of aromatic amines is 1. The molecule has 3 N–H and O–H groups in total. The number of nitrogens with zero attached hydrogens (tertiary/aromatic N) is 1. The second-order valence-electron chi connectivity index (χ2n) is 11.3. The van der Waals surface area contributed by atoms with Crippen LogP contribution in [0.25, 0.3) is 10.9 Å². The predicted octanol–water partition coefficient (Wildman–Crippen LogP) is 6.63. The second-order valence-corrected chi connectivity index (χ2v) is 11.3. The lowest BCUT2D eigenvalue weighted by Crippen LogP contribution is -2.59. The van der Waals surface area contributed by atoms with Crippen LogP contribution in [-0.4, -0.2) is 34.1 Å². The Bertz CT molecular complexity index is 1480. The van der Waals surface area contributed by atoms with Crippen LogP contribution in [0.1, 0.15) is 68.8 Å². The number of carbonyl (C=O) groups is 2. The fraction of sp³-hybridized carbons (Fsp3) is 0.382. The number of para-hydroxylation sites is 1. The van der Waals surface area contributed by atoms with Gasteiger partial charge in [-0.2, -0.15) is 0 Å². The van der Waals surface area contributed by atoms with Gasteiger partial charge in [-0.3, -0.25) is 9.78 Å². The van der Waals surface area contributed by atoms with Crippen LogP contribution in [0.3, 0.4) is 0 Å². The normalized spacial score (nSPS) is 15.9. The summed E-state index contributed by atoms with van der Waals surface area (Å²) in [5, 5.41) is 7.24. The number of aromatic nitrogens is 2. The van der Waals surface area contributed by atoms with Crippen LogP contribution in [0.4, 0.5) is 4.79 Å². The third-order valence-electron chi connectivity index (χ3n) is 8.09. The number of hydrogen-bond acceptors (Lipinski definition) is 5. The first-order chi connectivity index (χ1) is 20.4. The van der Waals surface area contributed by atoms with Crippen LogP contribution in [-0.2, 0) is 22.6 Å². The molecule has 0 saturated heterocycles. The van der Waals surface area contributed by atoms with E-state index in [2.05, 4.69) is 20.6 Å². The highest BCUT2D eigenvalue weighted by molar-refractivity contribution is 5.91. The van der Waals surface area contributed by atoms with Gasteiger partial charge in [-0.25, -0.2) is 4.79 Å². The van der Waals surface area contributed by atoms with E-state index in [1.165, 1.54) is 6.42 Å². The molecule has 1 aliphatic carbocycles. The fourth-order valence-corrected chi connectivity index (χ4v) is 5.90. The predicted molar refractivity (Wildman–Crippen MR) is 163 cm³/mol. The summed E-state index contributed by atoms with van der Waals surface area (Å²) in [7, 11) is 0. The lowest BCUT2D eigenvalue weighted by atomic mass is 9.81. The van der Waals surface area contributed by atoms with E-state index in [9.17, 15) is 9.59 Å². The molecule has 2 heterocycles. The molecule has 2 amide bonds. The molecule has 5 rings (SSSR count). The standard InChI is InChI=1S/C34H40N4O4/c1-3-41-27-15-11-12-24(20-27)23-42-33(40)38-34(2,21-26-22-36-29-17-8-7-16-28(26)29)32(39)37-31(25-13-5-4-6-14-25)30-18-9-10-19-35-30/h7-12,15-20,22,25,31,36H,3-6,13-14,21,23H2,1-2H3,(H,37,39)(H,38,40)/t31?,34-/m0/s1. The highest BCUT2D eigenvalue weighted by atomic mass is 16.5. The molecule has 0 bridgehead atoms. The summed E-state index contributed by atoms with van der Waals surface area (Å²) in [4.78, 5) is 35.4. The topological polar surface area (TPSA) is 105 Å². The first-order valence-electron chi connectivity index (χ1n) is 14.9. The molecule has 42 heavy (non-hydrogen) atoms.